The van der Waals surface area contributed by atoms with Gasteiger partial charge >= 0.3 is 0 Å². The first-order valence-corrected chi connectivity index (χ1v) is 5.06. The molecule has 0 radical (unpaired) electrons. The van der Waals surface area contributed by atoms with E-state index >= 15 is 0 Å². The number of rotatable bonds is 2. The van der Waals surface area contributed by atoms with Crippen molar-refractivity contribution in [3.8, 4) is 6.07 Å². The van der Waals surface area contributed by atoms with E-state index in [4.69, 9.17) is 5.26 Å². The van der Waals surface area contributed by atoms with E-state index in [0.29, 0.717) is 12.5 Å². The average Bonchev–Trinajstić information content (AvgIpc) is 2.58. The zero-order valence-corrected chi connectivity index (χ0v) is 8.94. The number of imidazole rings is 1. The van der Waals surface area contributed by atoms with Gasteiger partial charge in [0.1, 0.15) is 12.4 Å². The Kier molecular flexibility index (Phi) is 2.42. The summed E-state index contributed by atoms with van der Waals surface area (Å²) in [5.74, 6) is 1.32. The number of nitrogens with zero attached hydrogens (tertiary/aromatic N) is 3. The lowest BCUT2D eigenvalue weighted by Crippen LogP contribution is -2.03. The molecule has 1 aromatic heterocycles. The Labute approximate surface area is 89.0 Å². The van der Waals surface area contributed by atoms with Gasteiger partial charge in [-0.1, -0.05) is 26.0 Å². The van der Waals surface area contributed by atoms with Gasteiger partial charge in [0.25, 0.3) is 0 Å². The highest BCUT2D eigenvalue weighted by Gasteiger charge is 2.12. The van der Waals surface area contributed by atoms with E-state index in [0.717, 1.165) is 16.9 Å². The highest BCUT2D eigenvalue weighted by Crippen LogP contribution is 2.21. The SMILES string of the molecule is CC(C)c1nc2ccccc2n1CC#N. The van der Waals surface area contributed by atoms with Gasteiger partial charge in [0.15, 0.2) is 0 Å². The predicted octanol–water partition coefficient (Wildman–Crippen LogP) is 2.68. The summed E-state index contributed by atoms with van der Waals surface area (Å²) in [6.45, 7) is 4.55. The Morgan fingerprint density at radius 2 is 2.13 bits per heavy atom. The molecule has 0 atom stereocenters. The molecule has 0 aliphatic heterocycles. The van der Waals surface area contributed by atoms with E-state index in [1.165, 1.54) is 0 Å². The van der Waals surface area contributed by atoms with Crippen molar-refractivity contribution in [3.63, 3.8) is 0 Å². The summed E-state index contributed by atoms with van der Waals surface area (Å²) in [6, 6.07) is 10.1. The molecule has 0 unspecified atom stereocenters. The summed E-state index contributed by atoms with van der Waals surface area (Å²) < 4.78 is 1.99. The Bertz CT molecular complexity index is 517. The van der Waals surface area contributed by atoms with Crippen molar-refractivity contribution in [2.45, 2.75) is 26.3 Å². The summed E-state index contributed by atoms with van der Waals surface area (Å²) in [5.41, 5.74) is 2.01. The van der Waals surface area contributed by atoms with Crippen molar-refractivity contribution >= 4 is 11.0 Å². The summed E-state index contributed by atoms with van der Waals surface area (Å²) >= 11 is 0. The van der Waals surface area contributed by atoms with Crippen LogP contribution in [0.15, 0.2) is 24.3 Å². The minimum atomic E-state index is 0.339. The molecule has 0 amide bonds. The largest absolute Gasteiger partial charge is 0.314 e. The molecule has 0 saturated heterocycles. The van der Waals surface area contributed by atoms with E-state index in [-0.39, 0.29) is 0 Å². The van der Waals surface area contributed by atoms with Crippen LogP contribution in [0.4, 0.5) is 0 Å². The molecule has 0 fully saturated rings. The fourth-order valence-electron chi connectivity index (χ4n) is 1.77. The normalized spacial score (nSPS) is 10.8. The predicted molar refractivity (Wildman–Crippen MR) is 59.4 cm³/mol. The third-order valence-electron chi connectivity index (χ3n) is 2.43. The van der Waals surface area contributed by atoms with E-state index in [1.54, 1.807) is 0 Å². The van der Waals surface area contributed by atoms with Crippen LogP contribution in [0.5, 0.6) is 0 Å². The second-order valence-electron chi connectivity index (χ2n) is 3.86. The average molecular weight is 199 g/mol. The zero-order chi connectivity index (χ0) is 10.8. The standard InChI is InChI=1S/C12H13N3/c1-9(2)12-14-10-5-3-4-6-11(10)15(12)8-7-13/h3-6,9H,8H2,1-2H3. The van der Waals surface area contributed by atoms with E-state index in [9.17, 15) is 0 Å². The highest BCUT2D eigenvalue weighted by molar-refractivity contribution is 5.76. The molecule has 0 aliphatic carbocycles. The summed E-state index contributed by atoms with van der Waals surface area (Å²) in [5, 5.41) is 8.81. The van der Waals surface area contributed by atoms with Crippen molar-refractivity contribution in [1.29, 1.82) is 5.26 Å². The van der Waals surface area contributed by atoms with Crippen LogP contribution in [-0.2, 0) is 6.54 Å². The van der Waals surface area contributed by atoms with Gasteiger partial charge in [0, 0.05) is 5.92 Å². The minimum absolute atomic E-state index is 0.339. The quantitative estimate of drug-likeness (QED) is 0.746. The van der Waals surface area contributed by atoms with Gasteiger partial charge in [-0.05, 0) is 12.1 Å². The van der Waals surface area contributed by atoms with Crippen molar-refractivity contribution in [2.75, 3.05) is 0 Å². The van der Waals surface area contributed by atoms with E-state index < -0.39 is 0 Å². The third kappa shape index (κ3) is 1.59. The van der Waals surface area contributed by atoms with Crippen LogP contribution in [0.1, 0.15) is 25.6 Å². The van der Waals surface area contributed by atoms with Crippen LogP contribution < -0.4 is 0 Å². The molecule has 0 saturated carbocycles. The molecule has 0 N–H and O–H groups in total. The van der Waals surface area contributed by atoms with Gasteiger partial charge in [-0.3, -0.25) is 0 Å². The van der Waals surface area contributed by atoms with E-state index in [1.807, 2.05) is 28.8 Å². The highest BCUT2D eigenvalue weighted by atomic mass is 15.1. The number of benzene rings is 1. The Hall–Kier alpha value is -1.82. The number of nitriles is 1. The lowest BCUT2D eigenvalue weighted by molar-refractivity contribution is 0.696. The molecule has 2 aromatic rings. The first-order valence-electron chi connectivity index (χ1n) is 5.06. The van der Waals surface area contributed by atoms with Crippen LogP contribution in [0.3, 0.4) is 0 Å². The molecule has 3 nitrogen and oxygen atoms in total. The molecule has 0 spiro atoms. The second kappa shape index (κ2) is 3.74. The van der Waals surface area contributed by atoms with Gasteiger partial charge in [-0.2, -0.15) is 5.26 Å². The Balaban J connectivity index is 2.70. The molecule has 1 aromatic carbocycles. The number of hydrogen-bond donors (Lipinski definition) is 0. The summed E-state index contributed by atoms with van der Waals surface area (Å²) in [4.78, 5) is 4.54. The molecule has 76 valence electrons. The lowest BCUT2D eigenvalue weighted by Gasteiger charge is -2.06. The molecule has 1 heterocycles. The van der Waals surface area contributed by atoms with Crippen LogP contribution >= 0.6 is 0 Å². The third-order valence-corrected chi connectivity index (χ3v) is 2.43. The van der Waals surface area contributed by atoms with Crippen molar-refractivity contribution < 1.29 is 0 Å². The smallest absolute Gasteiger partial charge is 0.113 e. The fraction of sp³-hybridized carbons (Fsp3) is 0.333. The van der Waals surface area contributed by atoms with Gasteiger partial charge in [0.2, 0.25) is 0 Å². The molecule has 3 heteroatoms. The van der Waals surface area contributed by atoms with Crippen LogP contribution in [0, 0.1) is 11.3 Å². The maximum atomic E-state index is 8.81. The molecule has 0 bridgehead atoms. The molecule has 15 heavy (non-hydrogen) atoms. The number of hydrogen-bond acceptors (Lipinski definition) is 2. The van der Waals surface area contributed by atoms with Gasteiger partial charge in [0.05, 0.1) is 17.1 Å². The van der Waals surface area contributed by atoms with Crippen molar-refractivity contribution in [3.05, 3.63) is 30.1 Å². The summed E-state index contributed by atoms with van der Waals surface area (Å²) in [7, 11) is 0. The fourth-order valence-corrected chi connectivity index (χ4v) is 1.77. The van der Waals surface area contributed by atoms with Gasteiger partial charge in [-0.25, -0.2) is 4.98 Å². The van der Waals surface area contributed by atoms with Crippen molar-refractivity contribution in [2.24, 2.45) is 0 Å². The monoisotopic (exact) mass is 199 g/mol. The first-order chi connectivity index (χ1) is 7.24. The van der Waals surface area contributed by atoms with Crippen LogP contribution in [-0.4, -0.2) is 9.55 Å². The Morgan fingerprint density at radius 3 is 2.80 bits per heavy atom. The Morgan fingerprint density at radius 1 is 1.40 bits per heavy atom. The van der Waals surface area contributed by atoms with Crippen LogP contribution in [0.25, 0.3) is 11.0 Å². The number of fused-ring (bicyclic) bond motifs is 1. The maximum absolute atomic E-state index is 8.81. The molecular formula is C12H13N3. The minimum Gasteiger partial charge on any atom is -0.314 e. The number of aromatic nitrogens is 2. The number of para-hydroxylation sites is 2. The second-order valence-corrected chi connectivity index (χ2v) is 3.86. The van der Waals surface area contributed by atoms with Crippen molar-refractivity contribution in [1.82, 2.24) is 9.55 Å². The molecular weight excluding hydrogens is 186 g/mol. The topological polar surface area (TPSA) is 41.6 Å². The molecule has 2 rings (SSSR count). The zero-order valence-electron chi connectivity index (χ0n) is 8.94. The summed E-state index contributed by atoms with van der Waals surface area (Å²) in [6.07, 6.45) is 0. The maximum Gasteiger partial charge on any atom is 0.113 e. The molecule has 0 aliphatic rings. The first kappa shape index (κ1) is 9.72. The van der Waals surface area contributed by atoms with Gasteiger partial charge < -0.3 is 4.57 Å². The van der Waals surface area contributed by atoms with Gasteiger partial charge in [-0.15, -0.1) is 0 Å². The lowest BCUT2D eigenvalue weighted by atomic mass is 10.2. The van der Waals surface area contributed by atoms with E-state index in [2.05, 4.69) is 24.9 Å². The van der Waals surface area contributed by atoms with Crippen LogP contribution in [0.2, 0.25) is 0 Å².